The molecule has 0 aliphatic carbocycles. The quantitative estimate of drug-likeness (QED) is 0.0197. The lowest BCUT2D eigenvalue weighted by Crippen LogP contribution is -2.60. The molecule has 0 saturated carbocycles. The number of hydrogen-bond donors (Lipinski definition) is 4. The second kappa shape index (κ2) is 42.2. The van der Waals surface area contributed by atoms with E-state index in [9.17, 15) is 33.1 Å². The Hall–Kier alpha value is -1.16. The zero-order valence-corrected chi connectivity index (χ0v) is 41.0. The molecule has 1 aliphatic rings. The first-order chi connectivity index (χ1) is 30.6. The van der Waals surface area contributed by atoms with Gasteiger partial charge in [-0.15, -0.1) is 0 Å². The summed E-state index contributed by atoms with van der Waals surface area (Å²) in [5, 5.41) is 30.7. The van der Waals surface area contributed by atoms with Gasteiger partial charge >= 0.3 is 16.4 Å². The lowest BCUT2D eigenvalue weighted by molar-refractivity contribution is -0.301. The first-order valence-corrected chi connectivity index (χ1v) is 27.3. The van der Waals surface area contributed by atoms with Gasteiger partial charge in [0, 0.05) is 13.0 Å². The Labute approximate surface area is 385 Å². The van der Waals surface area contributed by atoms with Crippen LogP contribution in [0.15, 0.2) is 12.2 Å². The second-order valence-electron chi connectivity index (χ2n) is 18.1. The van der Waals surface area contributed by atoms with Gasteiger partial charge in [-0.25, -0.2) is 4.18 Å². The summed E-state index contributed by atoms with van der Waals surface area (Å²) in [6.07, 6.45) is 38.2. The zero-order chi connectivity index (χ0) is 46.1. The van der Waals surface area contributed by atoms with Crippen LogP contribution in [0, 0.1) is 0 Å². The third-order valence-corrected chi connectivity index (χ3v) is 12.6. The minimum absolute atomic E-state index is 0.0410. The Morgan fingerprint density at radius 1 is 0.587 bits per heavy atom. The highest BCUT2D eigenvalue weighted by atomic mass is 32.3. The van der Waals surface area contributed by atoms with E-state index in [0.29, 0.717) is 13.0 Å². The molecule has 6 atom stereocenters. The van der Waals surface area contributed by atoms with Gasteiger partial charge in [-0.1, -0.05) is 206 Å². The number of hydrogen-bond acceptors (Lipinski definition) is 11. The third kappa shape index (κ3) is 35.7. The number of rotatable bonds is 46. The van der Waals surface area contributed by atoms with Crippen molar-refractivity contribution in [1.82, 2.24) is 0 Å². The maximum Gasteiger partial charge on any atom is 0.397 e. The number of allylic oxidation sites excluding steroid dienone is 2. The summed E-state index contributed by atoms with van der Waals surface area (Å²) in [6.45, 7) is 4.03. The summed E-state index contributed by atoms with van der Waals surface area (Å²) < 4.78 is 59.2. The van der Waals surface area contributed by atoms with Crippen molar-refractivity contribution < 1.29 is 56.2 Å². The lowest BCUT2D eigenvalue weighted by Gasteiger charge is -2.41. The molecule has 0 spiro atoms. The fourth-order valence-electron chi connectivity index (χ4n) is 8.20. The summed E-state index contributed by atoms with van der Waals surface area (Å²) in [5.41, 5.74) is 0. The molecule has 1 heterocycles. The van der Waals surface area contributed by atoms with Crippen LogP contribution in [0.5, 0.6) is 0 Å². The zero-order valence-electron chi connectivity index (χ0n) is 40.2. The van der Waals surface area contributed by atoms with Gasteiger partial charge in [-0.2, -0.15) is 8.42 Å². The topological polar surface area (TPSA) is 178 Å². The molecular weight excluding hydrogens is 825 g/mol. The van der Waals surface area contributed by atoms with Gasteiger partial charge in [0.25, 0.3) is 0 Å². The number of ether oxygens (including phenoxy) is 4. The van der Waals surface area contributed by atoms with E-state index in [1.54, 1.807) is 0 Å². The van der Waals surface area contributed by atoms with E-state index in [1.807, 2.05) is 0 Å². The highest BCUT2D eigenvalue weighted by Crippen LogP contribution is 2.26. The second-order valence-corrected chi connectivity index (χ2v) is 19.2. The van der Waals surface area contributed by atoms with E-state index in [-0.39, 0.29) is 19.6 Å². The van der Waals surface area contributed by atoms with Crippen LogP contribution >= 0.6 is 0 Å². The highest BCUT2D eigenvalue weighted by Gasteiger charge is 2.48. The SMILES string of the molecule is CCCCCCCCCC/C=C\CCCCCCCCCCCCOCC(COC1OC(CO)C(O)C(OS(=O)(=O)O)C1O)OC(=O)CCCCCCCCCCCCCCCC. The minimum Gasteiger partial charge on any atom is -0.457 e. The van der Waals surface area contributed by atoms with Gasteiger partial charge in [0.15, 0.2) is 6.29 Å². The average Bonchev–Trinajstić information content (AvgIpc) is 3.26. The molecule has 1 fully saturated rings. The molecule has 0 aromatic rings. The van der Waals surface area contributed by atoms with Crippen molar-refractivity contribution in [2.45, 2.75) is 275 Å². The minimum atomic E-state index is -5.06. The predicted molar refractivity (Wildman–Crippen MR) is 253 cm³/mol. The van der Waals surface area contributed by atoms with Gasteiger partial charge in [-0.05, 0) is 38.5 Å². The molecule has 4 N–H and O–H groups in total. The van der Waals surface area contributed by atoms with Crippen molar-refractivity contribution in [3.8, 4) is 0 Å². The fraction of sp³-hybridized carbons (Fsp3) is 0.940. The Balaban J connectivity index is 2.32. The molecule has 63 heavy (non-hydrogen) atoms. The summed E-state index contributed by atoms with van der Waals surface area (Å²) in [5.74, 6) is -0.395. The highest BCUT2D eigenvalue weighted by molar-refractivity contribution is 7.80. The van der Waals surface area contributed by atoms with E-state index < -0.39 is 59.8 Å². The monoisotopic (exact) mass is 921 g/mol. The number of carbonyl (C=O) groups is 1. The maximum atomic E-state index is 12.9. The summed E-state index contributed by atoms with van der Waals surface area (Å²) >= 11 is 0. The van der Waals surface area contributed by atoms with Crippen LogP contribution in [-0.4, -0.2) is 97.5 Å². The van der Waals surface area contributed by atoms with E-state index >= 15 is 0 Å². The molecule has 0 aromatic heterocycles. The van der Waals surface area contributed by atoms with E-state index in [4.69, 9.17) is 18.9 Å². The Bertz CT molecular complexity index is 1150. The molecule has 0 bridgehead atoms. The van der Waals surface area contributed by atoms with Crippen molar-refractivity contribution in [2.24, 2.45) is 0 Å². The van der Waals surface area contributed by atoms with Crippen molar-refractivity contribution in [2.75, 3.05) is 26.4 Å². The molecule has 6 unspecified atom stereocenters. The van der Waals surface area contributed by atoms with Crippen LogP contribution in [0.3, 0.4) is 0 Å². The number of unbranched alkanes of at least 4 members (excludes halogenated alkanes) is 31. The van der Waals surface area contributed by atoms with Gasteiger partial charge in [0.2, 0.25) is 0 Å². The molecular formula is C50H96O12S. The van der Waals surface area contributed by atoms with Crippen molar-refractivity contribution in [3.05, 3.63) is 12.2 Å². The molecule has 12 nitrogen and oxygen atoms in total. The van der Waals surface area contributed by atoms with Gasteiger partial charge in [-0.3, -0.25) is 9.35 Å². The number of carbonyl (C=O) groups excluding carboxylic acids is 1. The van der Waals surface area contributed by atoms with Crippen LogP contribution < -0.4 is 0 Å². The smallest absolute Gasteiger partial charge is 0.397 e. The molecule has 1 aliphatic heterocycles. The summed E-state index contributed by atoms with van der Waals surface area (Å²) in [4.78, 5) is 12.9. The molecule has 1 rings (SSSR count). The normalized spacial score (nSPS) is 19.9. The predicted octanol–water partition coefficient (Wildman–Crippen LogP) is 11.8. The van der Waals surface area contributed by atoms with Crippen LogP contribution in [0.25, 0.3) is 0 Å². The Kier molecular flexibility index (Phi) is 40.1. The molecule has 374 valence electrons. The lowest BCUT2D eigenvalue weighted by atomic mass is 9.99. The van der Waals surface area contributed by atoms with Crippen molar-refractivity contribution >= 4 is 16.4 Å². The largest absolute Gasteiger partial charge is 0.457 e. The van der Waals surface area contributed by atoms with Crippen LogP contribution in [0.1, 0.15) is 239 Å². The van der Waals surface area contributed by atoms with E-state index in [1.165, 1.54) is 173 Å². The van der Waals surface area contributed by atoms with Gasteiger partial charge in [0.1, 0.15) is 30.5 Å². The van der Waals surface area contributed by atoms with Crippen LogP contribution in [-0.2, 0) is 38.3 Å². The Morgan fingerprint density at radius 2 is 1.00 bits per heavy atom. The third-order valence-electron chi connectivity index (χ3n) is 12.1. The van der Waals surface area contributed by atoms with Gasteiger partial charge < -0.3 is 34.3 Å². The van der Waals surface area contributed by atoms with Crippen molar-refractivity contribution in [1.29, 1.82) is 0 Å². The van der Waals surface area contributed by atoms with E-state index in [0.717, 1.165) is 38.5 Å². The van der Waals surface area contributed by atoms with Crippen molar-refractivity contribution in [3.63, 3.8) is 0 Å². The van der Waals surface area contributed by atoms with E-state index in [2.05, 4.69) is 30.2 Å². The average molecular weight is 921 g/mol. The van der Waals surface area contributed by atoms with Crippen LogP contribution in [0.2, 0.25) is 0 Å². The molecule has 13 heteroatoms. The molecule has 0 amide bonds. The van der Waals surface area contributed by atoms with Crippen LogP contribution in [0.4, 0.5) is 0 Å². The molecule has 1 saturated heterocycles. The van der Waals surface area contributed by atoms with Gasteiger partial charge in [0.05, 0.1) is 19.8 Å². The number of aliphatic hydroxyl groups excluding tert-OH is 3. The summed E-state index contributed by atoms with van der Waals surface area (Å²) in [6, 6.07) is 0. The first-order valence-electron chi connectivity index (χ1n) is 25.9. The number of aliphatic hydroxyl groups is 3. The Morgan fingerprint density at radius 3 is 1.43 bits per heavy atom. The molecule has 0 aromatic carbocycles. The standard InChI is InChI=1S/C50H96O12S/c1-3-5-7-9-11-13-15-17-19-20-21-22-23-24-25-26-28-30-32-34-36-38-40-58-42-44(43-59-50-48(54)49(62-63(55,56)57)47(53)45(41-51)61-50)60-46(52)39-37-35-33-31-29-27-18-16-14-12-10-8-6-4-2/h20-21,44-45,47-51,53-54H,3-19,22-43H2,1-2H3,(H,55,56,57)/b21-20-. The number of esters is 1. The summed E-state index contributed by atoms with van der Waals surface area (Å²) in [7, 11) is -5.06. The fourth-order valence-corrected chi connectivity index (χ4v) is 8.71. The first kappa shape index (κ1) is 59.9. The molecule has 0 radical (unpaired) electrons. The maximum absolute atomic E-state index is 12.9.